The monoisotopic (exact) mass is 333 g/mol. The molecule has 3 rings (SSSR count). The van der Waals surface area contributed by atoms with Crippen molar-refractivity contribution in [2.45, 2.75) is 44.1 Å². The maximum Gasteiger partial charge on any atom is 0.303 e. The molecule has 24 heavy (non-hydrogen) atoms. The topological polar surface area (TPSA) is 59.0 Å². The number of hydrogen-bond donors (Lipinski definition) is 1. The van der Waals surface area contributed by atoms with Gasteiger partial charge in [0, 0.05) is 24.6 Å². The van der Waals surface area contributed by atoms with Crippen molar-refractivity contribution in [1.82, 2.24) is 4.90 Å². The highest BCUT2D eigenvalue weighted by molar-refractivity contribution is 5.69. The Morgan fingerprint density at radius 1 is 1.29 bits per heavy atom. The fourth-order valence-corrected chi connectivity index (χ4v) is 3.64. The van der Waals surface area contributed by atoms with Gasteiger partial charge >= 0.3 is 5.97 Å². The Hall–Kier alpha value is -1.75. The fourth-order valence-electron chi connectivity index (χ4n) is 3.64. The van der Waals surface area contributed by atoms with Crippen LogP contribution in [0.3, 0.4) is 0 Å². The third-order valence-corrected chi connectivity index (χ3v) is 5.16. The van der Waals surface area contributed by atoms with Crippen molar-refractivity contribution in [3.05, 3.63) is 23.8 Å². The second-order valence-electron chi connectivity index (χ2n) is 7.04. The lowest BCUT2D eigenvalue weighted by atomic mass is 9.90. The number of carbonyl (C=O) groups is 1. The molecule has 1 unspecified atom stereocenters. The highest BCUT2D eigenvalue weighted by Gasteiger charge is 2.36. The highest BCUT2D eigenvalue weighted by Crippen LogP contribution is 2.49. The second-order valence-corrected chi connectivity index (χ2v) is 7.04. The number of methoxy groups -OCH3 is 1. The van der Waals surface area contributed by atoms with Crippen molar-refractivity contribution in [1.29, 1.82) is 0 Å². The molecular formula is C19H27NO4. The molecule has 1 atom stereocenters. The number of para-hydroxylation sites is 1. The normalized spacial score (nSPS) is 20.6. The van der Waals surface area contributed by atoms with Crippen LogP contribution in [0.5, 0.6) is 11.5 Å². The van der Waals surface area contributed by atoms with Crippen molar-refractivity contribution < 1.29 is 19.4 Å². The molecule has 1 aliphatic heterocycles. The van der Waals surface area contributed by atoms with Crippen molar-refractivity contribution >= 4 is 5.97 Å². The number of carboxylic acids is 1. The smallest absolute Gasteiger partial charge is 0.303 e. The Morgan fingerprint density at radius 2 is 2.00 bits per heavy atom. The minimum Gasteiger partial charge on any atom is -0.493 e. The Balaban J connectivity index is 1.81. The van der Waals surface area contributed by atoms with Crippen LogP contribution in [-0.4, -0.2) is 49.3 Å². The molecule has 0 bridgehead atoms. The molecular weight excluding hydrogens is 306 g/mol. The summed E-state index contributed by atoms with van der Waals surface area (Å²) in [6, 6.07) is 5.89. The Kier molecular flexibility index (Phi) is 5.29. The number of aliphatic carboxylic acids is 1. The average molecular weight is 333 g/mol. The van der Waals surface area contributed by atoms with Gasteiger partial charge in [0.25, 0.3) is 0 Å². The van der Waals surface area contributed by atoms with E-state index in [1.165, 1.54) is 0 Å². The molecule has 1 saturated carbocycles. The number of piperidine rings is 1. The van der Waals surface area contributed by atoms with Gasteiger partial charge in [-0.05, 0) is 44.7 Å². The van der Waals surface area contributed by atoms with E-state index in [1.807, 2.05) is 18.2 Å². The van der Waals surface area contributed by atoms with Crippen molar-refractivity contribution in [3.8, 4) is 11.5 Å². The zero-order valence-corrected chi connectivity index (χ0v) is 14.5. The third kappa shape index (κ3) is 4.01. The van der Waals surface area contributed by atoms with Gasteiger partial charge in [0.1, 0.15) is 6.10 Å². The van der Waals surface area contributed by atoms with E-state index in [2.05, 4.69) is 11.9 Å². The molecule has 1 aromatic carbocycles. The summed E-state index contributed by atoms with van der Waals surface area (Å²) in [5, 5.41) is 9.26. The van der Waals surface area contributed by atoms with Crippen molar-refractivity contribution in [2.75, 3.05) is 27.2 Å². The predicted molar refractivity (Wildman–Crippen MR) is 91.9 cm³/mol. The van der Waals surface area contributed by atoms with Crippen LogP contribution < -0.4 is 9.47 Å². The molecule has 132 valence electrons. The predicted octanol–water partition coefficient (Wildman–Crippen LogP) is 3.14. The number of ether oxygens (including phenoxy) is 2. The summed E-state index contributed by atoms with van der Waals surface area (Å²) in [6.07, 6.45) is 4.56. The van der Waals surface area contributed by atoms with Gasteiger partial charge in [0.05, 0.1) is 13.5 Å². The summed E-state index contributed by atoms with van der Waals surface area (Å²) in [5.74, 6) is 1.18. The number of carboxylic acid groups (broad SMARTS) is 1. The van der Waals surface area contributed by atoms with E-state index in [4.69, 9.17) is 9.47 Å². The van der Waals surface area contributed by atoms with E-state index in [-0.39, 0.29) is 18.4 Å². The van der Waals surface area contributed by atoms with Crippen LogP contribution >= 0.6 is 0 Å². The molecule has 5 heteroatoms. The lowest BCUT2D eigenvalue weighted by Crippen LogP contribution is -2.35. The van der Waals surface area contributed by atoms with Gasteiger partial charge in [0.2, 0.25) is 0 Å². The molecule has 2 fully saturated rings. The van der Waals surface area contributed by atoms with Crippen LogP contribution in [0, 0.1) is 5.92 Å². The molecule has 2 aliphatic rings. The molecule has 0 radical (unpaired) electrons. The van der Waals surface area contributed by atoms with Gasteiger partial charge in [-0.15, -0.1) is 0 Å². The first-order chi connectivity index (χ1) is 11.6. The Bertz CT molecular complexity index is 577. The average Bonchev–Trinajstić information content (AvgIpc) is 3.39. The van der Waals surface area contributed by atoms with Crippen LogP contribution in [0.2, 0.25) is 0 Å². The number of rotatable bonds is 7. The summed E-state index contributed by atoms with van der Waals surface area (Å²) in [4.78, 5) is 13.6. The summed E-state index contributed by atoms with van der Waals surface area (Å²) < 4.78 is 11.9. The van der Waals surface area contributed by atoms with Crippen molar-refractivity contribution in [3.63, 3.8) is 0 Å². The zero-order chi connectivity index (χ0) is 17.1. The lowest BCUT2D eigenvalue weighted by molar-refractivity contribution is -0.137. The van der Waals surface area contributed by atoms with E-state index >= 15 is 0 Å². The largest absolute Gasteiger partial charge is 0.493 e. The molecule has 0 amide bonds. The number of likely N-dealkylation sites (tertiary alicyclic amines) is 1. The van der Waals surface area contributed by atoms with Gasteiger partial charge in [0.15, 0.2) is 11.5 Å². The Labute approximate surface area is 143 Å². The SMILES string of the molecule is COc1c(OC2CCN(C)CC2)cccc1C(CC(=O)O)C1CC1. The second kappa shape index (κ2) is 7.43. The van der Waals surface area contributed by atoms with E-state index in [1.54, 1.807) is 7.11 Å². The summed E-state index contributed by atoms with van der Waals surface area (Å²) >= 11 is 0. The van der Waals surface area contributed by atoms with Crippen LogP contribution in [-0.2, 0) is 4.79 Å². The van der Waals surface area contributed by atoms with Gasteiger partial charge < -0.3 is 19.5 Å². The molecule has 1 aromatic rings. The molecule has 1 N–H and O–H groups in total. The van der Waals surface area contributed by atoms with Crippen LogP contribution in [0.25, 0.3) is 0 Å². The maximum atomic E-state index is 11.3. The number of benzene rings is 1. The van der Waals surface area contributed by atoms with E-state index in [0.717, 1.165) is 55.8 Å². The van der Waals surface area contributed by atoms with Gasteiger partial charge in [-0.1, -0.05) is 12.1 Å². The molecule has 5 nitrogen and oxygen atoms in total. The molecule has 1 aliphatic carbocycles. The van der Waals surface area contributed by atoms with Gasteiger partial charge in [-0.25, -0.2) is 0 Å². The summed E-state index contributed by atoms with van der Waals surface area (Å²) in [6.45, 7) is 2.08. The zero-order valence-electron chi connectivity index (χ0n) is 14.5. The van der Waals surface area contributed by atoms with Gasteiger partial charge in [-0.3, -0.25) is 4.79 Å². The number of nitrogens with zero attached hydrogens (tertiary/aromatic N) is 1. The molecule has 0 spiro atoms. The first-order valence-corrected chi connectivity index (χ1v) is 8.82. The quantitative estimate of drug-likeness (QED) is 0.831. The maximum absolute atomic E-state index is 11.3. The third-order valence-electron chi connectivity index (χ3n) is 5.16. The van der Waals surface area contributed by atoms with Crippen LogP contribution in [0.15, 0.2) is 18.2 Å². The highest BCUT2D eigenvalue weighted by atomic mass is 16.5. The molecule has 1 heterocycles. The van der Waals surface area contributed by atoms with Crippen molar-refractivity contribution in [2.24, 2.45) is 5.92 Å². The number of hydrogen-bond acceptors (Lipinski definition) is 4. The van der Waals surface area contributed by atoms with Crippen LogP contribution in [0.4, 0.5) is 0 Å². The first kappa shape index (κ1) is 17.1. The molecule has 0 aromatic heterocycles. The van der Waals surface area contributed by atoms with Crippen LogP contribution in [0.1, 0.15) is 43.6 Å². The summed E-state index contributed by atoms with van der Waals surface area (Å²) in [5.41, 5.74) is 0.979. The van der Waals surface area contributed by atoms with E-state index in [9.17, 15) is 9.90 Å². The molecule has 1 saturated heterocycles. The Morgan fingerprint density at radius 3 is 2.58 bits per heavy atom. The van der Waals surface area contributed by atoms with Gasteiger partial charge in [-0.2, -0.15) is 0 Å². The lowest BCUT2D eigenvalue weighted by Gasteiger charge is -2.30. The van der Waals surface area contributed by atoms with E-state index < -0.39 is 5.97 Å². The minimum absolute atomic E-state index is 0.0125. The minimum atomic E-state index is -0.754. The fraction of sp³-hybridized carbons (Fsp3) is 0.632. The summed E-state index contributed by atoms with van der Waals surface area (Å²) in [7, 11) is 3.77. The standard InChI is InChI=1S/C19H27NO4/c1-20-10-8-14(9-11-20)24-17-5-3-4-15(19(17)23-2)16(12-18(21)22)13-6-7-13/h3-5,13-14,16H,6-12H2,1-2H3,(H,21,22). The first-order valence-electron chi connectivity index (χ1n) is 8.82. The van der Waals surface area contributed by atoms with E-state index in [0.29, 0.717) is 5.92 Å².